The maximum Gasteiger partial charge on any atom is 0.379 e. The number of aliphatic imine (C=N–C) groups is 1. The molecule has 1 amide bonds. The predicted octanol–water partition coefficient (Wildman–Crippen LogP) is 5.10. The van der Waals surface area contributed by atoms with Gasteiger partial charge in [0, 0.05) is 5.92 Å². The molecule has 0 radical (unpaired) electrons. The maximum absolute atomic E-state index is 12.8. The van der Waals surface area contributed by atoms with Gasteiger partial charge in [0.2, 0.25) is 10.9 Å². The van der Waals surface area contributed by atoms with Crippen molar-refractivity contribution in [2.75, 3.05) is 6.61 Å². The first-order valence-electron chi connectivity index (χ1n) is 11.6. The summed E-state index contributed by atoms with van der Waals surface area (Å²) in [6, 6.07) is 8.01. The van der Waals surface area contributed by atoms with E-state index in [1.54, 1.807) is 30.3 Å². The molecule has 2 aromatic rings. The minimum absolute atomic E-state index is 0.00964. The topological polar surface area (TPSA) is 118 Å². The molecule has 0 atom stereocenters. The SMILES string of the molecule is CCOc1cc(/C=C2/C(=N)N3N=C(C4CCCCC4)SC3=NC2=O)ccc1OC(=O)c1ccco1. The molecule has 5 rings (SSSR count). The molecule has 1 aromatic carbocycles. The highest BCUT2D eigenvalue weighted by molar-refractivity contribution is 8.27. The number of carbonyl (C=O) groups excluding carboxylic acids is 2. The normalized spacial score (nSPS) is 19.5. The van der Waals surface area contributed by atoms with Crippen LogP contribution < -0.4 is 9.47 Å². The Hall–Kier alpha value is -3.66. The number of thioether (sulfide) groups is 1. The molecule has 10 heteroatoms. The number of fused-ring (bicyclic) bond motifs is 1. The molecular weight excluding hydrogens is 468 g/mol. The molecular formula is C25H24N4O5S. The summed E-state index contributed by atoms with van der Waals surface area (Å²) in [6.45, 7) is 2.16. The second-order valence-corrected chi connectivity index (χ2v) is 9.29. The first-order valence-corrected chi connectivity index (χ1v) is 12.4. The van der Waals surface area contributed by atoms with Gasteiger partial charge in [-0.1, -0.05) is 25.3 Å². The lowest BCUT2D eigenvalue weighted by molar-refractivity contribution is -0.114. The Bertz CT molecular complexity index is 1260. The van der Waals surface area contributed by atoms with Crippen LogP contribution in [0.15, 0.2) is 56.7 Å². The largest absolute Gasteiger partial charge is 0.490 e. The summed E-state index contributed by atoms with van der Waals surface area (Å²) in [6.07, 6.45) is 8.71. The third-order valence-corrected chi connectivity index (χ3v) is 7.00. The number of rotatable bonds is 6. The highest BCUT2D eigenvalue weighted by atomic mass is 32.2. The van der Waals surface area contributed by atoms with Crippen molar-refractivity contribution in [3.8, 4) is 11.5 Å². The van der Waals surface area contributed by atoms with Crippen LogP contribution in [0.2, 0.25) is 0 Å². The lowest BCUT2D eigenvalue weighted by Gasteiger charge is -2.20. The molecule has 3 heterocycles. The van der Waals surface area contributed by atoms with Crippen LogP contribution in [0.5, 0.6) is 11.5 Å². The van der Waals surface area contributed by atoms with Crippen LogP contribution in [-0.4, -0.2) is 39.5 Å². The van der Waals surface area contributed by atoms with Crippen molar-refractivity contribution in [1.82, 2.24) is 5.01 Å². The number of ether oxygens (including phenoxy) is 2. The molecule has 1 N–H and O–H groups in total. The Kier molecular flexibility index (Phi) is 6.54. The van der Waals surface area contributed by atoms with E-state index in [0.29, 0.717) is 29.0 Å². The van der Waals surface area contributed by atoms with Gasteiger partial charge in [-0.3, -0.25) is 10.2 Å². The number of nitrogens with zero attached hydrogens (tertiary/aromatic N) is 3. The lowest BCUT2D eigenvalue weighted by Crippen LogP contribution is -2.35. The maximum atomic E-state index is 12.8. The molecule has 0 unspecified atom stereocenters. The number of esters is 1. The predicted molar refractivity (Wildman–Crippen MR) is 133 cm³/mol. The molecule has 0 bridgehead atoms. The van der Waals surface area contributed by atoms with Crippen LogP contribution in [-0.2, 0) is 4.79 Å². The summed E-state index contributed by atoms with van der Waals surface area (Å²) < 4.78 is 16.1. The van der Waals surface area contributed by atoms with Crippen LogP contribution in [0.4, 0.5) is 0 Å². The number of amidine groups is 2. The average Bonchev–Trinajstić information content (AvgIpc) is 3.55. The van der Waals surface area contributed by atoms with Crippen LogP contribution in [0.1, 0.15) is 55.1 Å². The Morgan fingerprint density at radius 2 is 2.09 bits per heavy atom. The van der Waals surface area contributed by atoms with E-state index >= 15 is 0 Å². The standard InChI is InChI=1S/C25H24N4O5S/c1-2-32-20-14-15(10-11-18(20)34-24(31)19-9-6-12-33-19)13-17-21(26)29-25(27-22(17)30)35-23(28-29)16-7-4-3-5-8-16/h6,9-14,16,26H,2-5,7-8H2,1H3/b17-13-,26-21?. The third kappa shape index (κ3) is 4.79. The minimum Gasteiger partial charge on any atom is -0.490 e. The van der Waals surface area contributed by atoms with Gasteiger partial charge in [-0.2, -0.15) is 15.1 Å². The van der Waals surface area contributed by atoms with Crippen LogP contribution in [0, 0.1) is 11.3 Å². The van der Waals surface area contributed by atoms with Crippen LogP contribution in [0.3, 0.4) is 0 Å². The van der Waals surface area contributed by atoms with E-state index in [0.717, 1.165) is 17.9 Å². The highest BCUT2D eigenvalue weighted by Crippen LogP contribution is 2.37. The lowest BCUT2D eigenvalue weighted by atomic mass is 9.90. The zero-order chi connectivity index (χ0) is 24.4. The van der Waals surface area contributed by atoms with Crippen LogP contribution >= 0.6 is 11.8 Å². The van der Waals surface area contributed by atoms with E-state index in [-0.39, 0.29) is 22.9 Å². The number of hydrazone groups is 1. The van der Waals surface area contributed by atoms with E-state index in [1.807, 2.05) is 6.92 Å². The van der Waals surface area contributed by atoms with Gasteiger partial charge in [0.25, 0.3) is 5.91 Å². The number of hydrogen-bond acceptors (Lipinski definition) is 8. The van der Waals surface area contributed by atoms with Gasteiger partial charge in [0.1, 0.15) is 5.04 Å². The monoisotopic (exact) mass is 492 g/mol. The van der Waals surface area contributed by atoms with Gasteiger partial charge >= 0.3 is 5.97 Å². The number of hydrogen-bond donors (Lipinski definition) is 1. The van der Waals surface area contributed by atoms with Gasteiger partial charge in [-0.15, -0.1) is 0 Å². The first kappa shape index (κ1) is 23.1. The Balaban J connectivity index is 1.39. The second kappa shape index (κ2) is 9.91. The molecule has 0 spiro atoms. The molecule has 3 aliphatic rings. The molecule has 1 fully saturated rings. The quantitative estimate of drug-likeness (QED) is 0.339. The second-order valence-electron chi connectivity index (χ2n) is 8.30. The summed E-state index contributed by atoms with van der Waals surface area (Å²) in [5.41, 5.74) is 0.729. The fourth-order valence-corrected chi connectivity index (χ4v) is 5.26. The van der Waals surface area contributed by atoms with Gasteiger partial charge in [0.15, 0.2) is 17.3 Å². The molecule has 1 aliphatic carbocycles. The number of carbonyl (C=O) groups is 2. The highest BCUT2D eigenvalue weighted by Gasteiger charge is 2.38. The fraction of sp³-hybridized carbons (Fsp3) is 0.320. The van der Waals surface area contributed by atoms with Crippen molar-refractivity contribution >= 4 is 45.8 Å². The van der Waals surface area contributed by atoms with Crippen molar-refractivity contribution in [3.63, 3.8) is 0 Å². The number of amides is 1. The van der Waals surface area contributed by atoms with E-state index < -0.39 is 11.9 Å². The molecule has 0 saturated heterocycles. The number of furan rings is 1. The zero-order valence-corrected chi connectivity index (χ0v) is 20.0. The summed E-state index contributed by atoms with van der Waals surface area (Å²) in [4.78, 5) is 29.3. The Morgan fingerprint density at radius 3 is 2.83 bits per heavy atom. The van der Waals surface area contributed by atoms with Crippen molar-refractivity contribution < 1.29 is 23.5 Å². The summed E-state index contributed by atoms with van der Waals surface area (Å²) in [7, 11) is 0. The van der Waals surface area contributed by atoms with Crippen molar-refractivity contribution in [3.05, 3.63) is 53.5 Å². The van der Waals surface area contributed by atoms with Gasteiger partial charge < -0.3 is 13.9 Å². The summed E-state index contributed by atoms with van der Waals surface area (Å²) in [5, 5.41) is 16.1. The zero-order valence-electron chi connectivity index (χ0n) is 19.2. The molecule has 2 aliphatic heterocycles. The number of benzene rings is 1. The molecule has 9 nitrogen and oxygen atoms in total. The third-order valence-electron chi connectivity index (χ3n) is 5.93. The van der Waals surface area contributed by atoms with E-state index in [2.05, 4.69) is 10.1 Å². The minimum atomic E-state index is -0.647. The van der Waals surface area contributed by atoms with Gasteiger partial charge in [-0.05, 0) is 67.4 Å². The van der Waals surface area contributed by atoms with Crippen LogP contribution in [0.25, 0.3) is 6.08 Å². The Morgan fingerprint density at radius 1 is 1.26 bits per heavy atom. The van der Waals surface area contributed by atoms with Crippen molar-refractivity contribution in [2.45, 2.75) is 39.0 Å². The molecule has 180 valence electrons. The summed E-state index contributed by atoms with van der Waals surface area (Å²) in [5.74, 6) is -0.155. The molecule has 1 aromatic heterocycles. The van der Waals surface area contributed by atoms with E-state index in [4.69, 9.17) is 19.3 Å². The van der Waals surface area contributed by atoms with Gasteiger partial charge in [-0.25, -0.2) is 4.79 Å². The van der Waals surface area contributed by atoms with Crippen molar-refractivity contribution in [1.29, 1.82) is 5.41 Å². The molecule has 35 heavy (non-hydrogen) atoms. The van der Waals surface area contributed by atoms with E-state index in [9.17, 15) is 9.59 Å². The fourth-order valence-electron chi connectivity index (χ4n) is 4.20. The summed E-state index contributed by atoms with van der Waals surface area (Å²) >= 11 is 1.39. The smallest absolute Gasteiger partial charge is 0.379 e. The average molecular weight is 493 g/mol. The molecule has 1 saturated carbocycles. The first-order chi connectivity index (χ1) is 17.0. The van der Waals surface area contributed by atoms with Gasteiger partial charge in [0.05, 0.1) is 18.4 Å². The van der Waals surface area contributed by atoms with Crippen molar-refractivity contribution in [2.24, 2.45) is 16.0 Å². The number of nitrogens with one attached hydrogen (secondary N) is 1. The van der Waals surface area contributed by atoms with E-state index in [1.165, 1.54) is 48.4 Å². The Labute approximate surface area is 206 Å².